The molecule has 0 heterocycles. The van der Waals surface area contributed by atoms with Gasteiger partial charge in [0, 0.05) is 5.56 Å². The smallest absolute Gasteiger partial charge is 0.251 e. The third-order valence-corrected chi connectivity index (χ3v) is 4.48. The van der Waals surface area contributed by atoms with Gasteiger partial charge in [-0.3, -0.25) is 4.79 Å². The second kappa shape index (κ2) is 9.72. The maximum Gasteiger partial charge on any atom is 0.251 e. The topological polar surface area (TPSA) is 42.8 Å². The number of nitrogens with one attached hydrogen (secondary N) is 2. The van der Waals surface area contributed by atoms with Crippen molar-refractivity contribution in [1.82, 2.24) is 5.32 Å². The van der Waals surface area contributed by atoms with Gasteiger partial charge in [-0.25, -0.2) is 0 Å². The van der Waals surface area contributed by atoms with Crippen molar-refractivity contribution in [1.29, 1.82) is 0 Å². The third-order valence-electron chi connectivity index (χ3n) is 4.48. The molecule has 0 aliphatic rings. The Kier molecular flexibility index (Phi) is 6.82. The van der Waals surface area contributed by atoms with Crippen LogP contribution in [0, 0.1) is 0 Å². The van der Waals surface area contributed by atoms with Crippen molar-refractivity contribution in [2.45, 2.75) is 12.6 Å². The first-order chi connectivity index (χ1) is 13.6. The van der Waals surface area contributed by atoms with E-state index in [0.29, 0.717) is 12.2 Å². The highest BCUT2D eigenvalue weighted by Gasteiger charge is 2.18. The van der Waals surface area contributed by atoms with Gasteiger partial charge in [0.2, 0.25) is 0 Å². The monoisotopic (exact) mass is 375 g/mol. The number of benzene rings is 3. The van der Waals surface area contributed by atoms with E-state index in [1.165, 1.54) is 4.90 Å². The van der Waals surface area contributed by atoms with Crippen LogP contribution in [0.2, 0.25) is 0 Å². The summed E-state index contributed by atoms with van der Waals surface area (Å²) < 4.78 is 5.79. The molecule has 0 aromatic heterocycles. The fraction of sp³-hybridized carbons (Fsp3) is 0.208. The van der Waals surface area contributed by atoms with E-state index in [2.05, 4.69) is 31.5 Å². The van der Waals surface area contributed by atoms with Crippen molar-refractivity contribution in [3.8, 4) is 5.75 Å². The summed E-state index contributed by atoms with van der Waals surface area (Å²) in [6.07, 6.45) is 0. The highest BCUT2D eigenvalue weighted by molar-refractivity contribution is 5.94. The summed E-state index contributed by atoms with van der Waals surface area (Å²) in [6, 6.07) is 27.4. The molecule has 0 saturated carbocycles. The summed E-state index contributed by atoms with van der Waals surface area (Å²) in [4.78, 5) is 14.0. The van der Waals surface area contributed by atoms with Gasteiger partial charge in [-0.2, -0.15) is 0 Å². The van der Waals surface area contributed by atoms with Gasteiger partial charge in [0.1, 0.15) is 24.9 Å². The highest BCUT2D eigenvalue weighted by Crippen LogP contribution is 2.16. The standard InChI is InChI=1S/C24H26N2O2/c1-26(2)17-23(20-11-7-4-8-12-20)25-24(27)21-13-15-22(16-14-21)28-18-19-9-5-3-6-10-19/h3-16,23H,17-18H2,1-2H3,(H,25,27)/p+1/t23-/m1/s1. The first-order valence-corrected chi connectivity index (χ1v) is 9.53. The number of carbonyl (C=O) groups is 1. The molecule has 1 amide bonds. The predicted molar refractivity (Wildman–Crippen MR) is 112 cm³/mol. The van der Waals surface area contributed by atoms with E-state index >= 15 is 0 Å². The van der Waals surface area contributed by atoms with E-state index in [1.54, 1.807) is 12.1 Å². The molecule has 4 nitrogen and oxygen atoms in total. The fourth-order valence-corrected chi connectivity index (χ4v) is 3.03. The van der Waals surface area contributed by atoms with Gasteiger partial charge in [0.15, 0.2) is 0 Å². The number of ether oxygens (including phenoxy) is 1. The molecule has 0 saturated heterocycles. The highest BCUT2D eigenvalue weighted by atomic mass is 16.5. The predicted octanol–water partition coefficient (Wildman–Crippen LogP) is 2.88. The van der Waals surface area contributed by atoms with Gasteiger partial charge in [-0.05, 0) is 35.4 Å². The number of quaternary nitrogens is 1. The summed E-state index contributed by atoms with van der Waals surface area (Å²) in [7, 11) is 4.17. The van der Waals surface area contributed by atoms with Crippen LogP contribution in [-0.4, -0.2) is 26.5 Å². The van der Waals surface area contributed by atoms with Crippen molar-refractivity contribution in [3.05, 3.63) is 102 Å². The Morgan fingerprint density at radius 3 is 2.11 bits per heavy atom. The minimum atomic E-state index is -0.0790. The van der Waals surface area contributed by atoms with Crippen LogP contribution >= 0.6 is 0 Å². The lowest BCUT2D eigenvalue weighted by Gasteiger charge is -2.21. The molecular weight excluding hydrogens is 348 g/mol. The molecule has 144 valence electrons. The lowest BCUT2D eigenvalue weighted by Crippen LogP contribution is -3.06. The van der Waals surface area contributed by atoms with Crippen LogP contribution in [0.3, 0.4) is 0 Å². The minimum absolute atomic E-state index is 0.0345. The van der Waals surface area contributed by atoms with E-state index < -0.39 is 0 Å². The van der Waals surface area contributed by atoms with Crippen molar-refractivity contribution < 1.29 is 14.4 Å². The summed E-state index contributed by atoms with van der Waals surface area (Å²) in [5, 5.41) is 3.16. The summed E-state index contributed by atoms with van der Waals surface area (Å²) >= 11 is 0. The van der Waals surface area contributed by atoms with Crippen LogP contribution in [-0.2, 0) is 6.61 Å². The molecule has 28 heavy (non-hydrogen) atoms. The number of hydrogen-bond donors (Lipinski definition) is 2. The van der Waals surface area contributed by atoms with Crippen LogP contribution in [0.25, 0.3) is 0 Å². The molecule has 0 radical (unpaired) electrons. The van der Waals surface area contributed by atoms with E-state index in [4.69, 9.17) is 4.74 Å². The van der Waals surface area contributed by atoms with E-state index in [0.717, 1.165) is 23.4 Å². The SMILES string of the molecule is C[NH+](C)C[C@@H](NC(=O)c1ccc(OCc2ccccc2)cc1)c1ccccc1. The van der Waals surface area contributed by atoms with Gasteiger partial charge in [-0.1, -0.05) is 60.7 Å². The minimum Gasteiger partial charge on any atom is -0.489 e. The summed E-state index contributed by atoms with van der Waals surface area (Å²) in [5.74, 6) is 0.669. The van der Waals surface area contributed by atoms with Crippen molar-refractivity contribution >= 4 is 5.91 Å². The molecule has 3 rings (SSSR count). The molecule has 0 spiro atoms. The number of rotatable bonds is 8. The molecule has 0 aliphatic carbocycles. The maximum absolute atomic E-state index is 12.7. The van der Waals surface area contributed by atoms with Crippen LogP contribution in [0.5, 0.6) is 5.75 Å². The van der Waals surface area contributed by atoms with E-state index in [9.17, 15) is 4.79 Å². The van der Waals surface area contributed by atoms with Crippen LogP contribution < -0.4 is 15.0 Å². The zero-order valence-corrected chi connectivity index (χ0v) is 16.4. The second-order valence-electron chi connectivity index (χ2n) is 7.15. The Balaban J connectivity index is 1.62. The van der Waals surface area contributed by atoms with Crippen LogP contribution in [0.4, 0.5) is 0 Å². The molecule has 2 N–H and O–H groups in total. The normalized spacial score (nSPS) is 11.8. The van der Waals surface area contributed by atoms with Gasteiger partial charge in [0.25, 0.3) is 5.91 Å². The molecule has 0 bridgehead atoms. The molecular formula is C24H27N2O2+. The van der Waals surface area contributed by atoms with E-state index in [-0.39, 0.29) is 11.9 Å². The Morgan fingerprint density at radius 2 is 1.50 bits per heavy atom. The lowest BCUT2D eigenvalue weighted by atomic mass is 10.1. The average molecular weight is 375 g/mol. The summed E-state index contributed by atoms with van der Waals surface area (Å²) in [6.45, 7) is 1.32. The zero-order chi connectivity index (χ0) is 19.8. The average Bonchev–Trinajstić information content (AvgIpc) is 2.73. The van der Waals surface area contributed by atoms with Crippen molar-refractivity contribution in [2.75, 3.05) is 20.6 Å². The van der Waals surface area contributed by atoms with Gasteiger partial charge >= 0.3 is 0 Å². The largest absolute Gasteiger partial charge is 0.489 e. The Hall–Kier alpha value is -3.11. The molecule has 0 unspecified atom stereocenters. The number of amides is 1. The maximum atomic E-state index is 12.7. The number of hydrogen-bond acceptors (Lipinski definition) is 2. The Morgan fingerprint density at radius 1 is 0.893 bits per heavy atom. The number of likely N-dealkylation sites (N-methyl/N-ethyl adjacent to an activating group) is 1. The number of carbonyl (C=O) groups excluding carboxylic acids is 1. The molecule has 0 fully saturated rings. The molecule has 4 heteroatoms. The fourth-order valence-electron chi connectivity index (χ4n) is 3.03. The zero-order valence-electron chi connectivity index (χ0n) is 16.4. The molecule has 1 atom stereocenters. The quantitative estimate of drug-likeness (QED) is 0.636. The second-order valence-corrected chi connectivity index (χ2v) is 7.15. The van der Waals surface area contributed by atoms with Crippen LogP contribution in [0.1, 0.15) is 27.5 Å². The van der Waals surface area contributed by atoms with Crippen molar-refractivity contribution in [2.24, 2.45) is 0 Å². The molecule has 0 aliphatic heterocycles. The Bertz CT molecular complexity index is 862. The lowest BCUT2D eigenvalue weighted by molar-refractivity contribution is -0.860. The first-order valence-electron chi connectivity index (χ1n) is 9.53. The third kappa shape index (κ3) is 5.69. The Labute approximate surface area is 166 Å². The van der Waals surface area contributed by atoms with Crippen LogP contribution in [0.15, 0.2) is 84.9 Å². The van der Waals surface area contributed by atoms with Gasteiger partial charge < -0.3 is 15.0 Å². The molecule has 3 aromatic carbocycles. The van der Waals surface area contributed by atoms with E-state index in [1.807, 2.05) is 60.7 Å². The summed E-state index contributed by atoms with van der Waals surface area (Å²) in [5.41, 5.74) is 2.85. The molecule has 3 aromatic rings. The van der Waals surface area contributed by atoms with Crippen molar-refractivity contribution in [3.63, 3.8) is 0 Å². The van der Waals surface area contributed by atoms with Gasteiger partial charge in [0.05, 0.1) is 14.1 Å². The van der Waals surface area contributed by atoms with Gasteiger partial charge in [-0.15, -0.1) is 0 Å². The first kappa shape index (κ1) is 19.6.